The van der Waals surface area contributed by atoms with Gasteiger partial charge in [0.1, 0.15) is 21.9 Å². The van der Waals surface area contributed by atoms with Crippen molar-refractivity contribution in [2.45, 2.75) is 13.8 Å². The Morgan fingerprint density at radius 3 is 2.85 bits per heavy atom. The van der Waals surface area contributed by atoms with Gasteiger partial charge in [-0.25, -0.2) is 14.8 Å². The Bertz CT molecular complexity index is 627. The number of rotatable bonds is 5. The molecule has 0 bridgehead atoms. The number of aliphatic hydroxyl groups excluding tert-OH is 1. The van der Waals surface area contributed by atoms with E-state index in [2.05, 4.69) is 9.97 Å². The highest BCUT2D eigenvalue weighted by molar-refractivity contribution is 7.20. The van der Waals surface area contributed by atoms with Crippen LogP contribution >= 0.6 is 11.3 Å². The highest BCUT2D eigenvalue weighted by Crippen LogP contribution is 2.34. The van der Waals surface area contributed by atoms with Gasteiger partial charge in [0.15, 0.2) is 0 Å². The maximum atomic E-state index is 11.8. The Labute approximate surface area is 121 Å². The summed E-state index contributed by atoms with van der Waals surface area (Å²) >= 11 is 1.30. The number of aliphatic hydroxyl groups is 1. The van der Waals surface area contributed by atoms with Crippen molar-refractivity contribution in [2.75, 3.05) is 31.7 Å². The van der Waals surface area contributed by atoms with E-state index >= 15 is 0 Å². The van der Waals surface area contributed by atoms with Gasteiger partial charge in [-0.1, -0.05) is 0 Å². The van der Waals surface area contributed by atoms with Gasteiger partial charge in [0.2, 0.25) is 0 Å². The number of anilines is 1. The molecule has 2 rings (SSSR count). The van der Waals surface area contributed by atoms with Crippen molar-refractivity contribution < 1.29 is 14.6 Å². The monoisotopic (exact) mass is 295 g/mol. The lowest BCUT2D eigenvalue weighted by Gasteiger charge is -2.21. The van der Waals surface area contributed by atoms with Crippen molar-refractivity contribution in [3.05, 3.63) is 16.8 Å². The average Bonchev–Trinajstić information content (AvgIpc) is 2.81. The van der Waals surface area contributed by atoms with E-state index in [1.807, 2.05) is 18.7 Å². The maximum Gasteiger partial charge on any atom is 0.348 e. The Morgan fingerprint density at radius 2 is 2.25 bits per heavy atom. The highest BCUT2D eigenvalue weighted by Gasteiger charge is 2.21. The van der Waals surface area contributed by atoms with E-state index in [1.54, 1.807) is 0 Å². The third-order valence-corrected chi connectivity index (χ3v) is 4.31. The van der Waals surface area contributed by atoms with Crippen molar-refractivity contribution in [1.82, 2.24) is 9.97 Å². The first-order valence-electron chi connectivity index (χ1n) is 6.32. The van der Waals surface area contributed by atoms with Crippen LogP contribution < -0.4 is 4.90 Å². The number of thiophene rings is 1. The molecule has 0 saturated heterocycles. The van der Waals surface area contributed by atoms with E-state index in [4.69, 9.17) is 9.84 Å². The summed E-state index contributed by atoms with van der Waals surface area (Å²) in [5.41, 5.74) is 0.823. The summed E-state index contributed by atoms with van der Waals surface area (Å²) in [6.45, 7) is 5.12. The van der Waals surface area contributed by atoms with Gasteiger partial charge in [-0.3, -0.25) is 0 Å². The SMILES string of the molecule is CCN(CCO)c1ncnc2sc(C(=O)OC)c(C)c12. The zero-order valence-electron chi connectivity index (χ0n) is 11.7. The van der Waals surface area contributed by atoms with E-state index < -0.39 is 0 Å². The largest absolute Gasteiger partial charge is 0.465 e. The molecule has 2 aromatic rings. The summed E-state index contributed by atoms with van der Waals surface area (Å²) < 4.78 is 4.79. The fraction of sp³-hybridized carbons (Fsp3) is 0.462. The number of aromatic nitrogens is 2. The molecule has 0 atom stereocenters. The van der Waals surface area contributed by atoms with Gasteiger partial charge >= 0.3 is 5.97 Å². The van der Waals surface area contributed by atoms with Gasteiger partial charge in [-0.15, -0.1) is 11.3 Å². The first-order chi connectivity index (χ1) is 9.63. The highest BCUT2D eigenvalue weighted by atomic mass is 32.1. The molecule has 108 valence electrons. The predicted molar refractivity (Wildman–Crippen MR) is 78.5 cm³/mol. The molecule has 0 aliphatic carbocycles. The molecule has 0 saturated carbocycles. The number of likely N-dealkylation sites (N-methyl/N-ethyl adjacent to an activating group) is 1. The number of fused-ring (bicyclic) bond motifs is 1. The Balaban J connectivity index is 2.62. The molecule has 6 nitrogen and oxygen atoms in total. The Hall–Kier alpha value is -1.73. The normalized spacial score (nSPS) is 10.8. The molecule has 0 spiro atoms. The summed E-state index contributed by atoms with van der Waals surface area (Å²) in [4.78, 5) is 23.6. The number of methoxy groups -OCH3 is 1. The van der Waals surface area contributed by atoms with Crippen LogP contribution in [0.4, 0.5) is 5.82 Å². The van der Waals surface area contributed by atoms with Crippen LogP contribution in [0.2, 0.25) is 0 Å². The summed E-state index contributed by atoms with van der Waals surface area (Å²) in [7, 11) is 1.36. The molecule has 0 amide bonds. The topological polar surface area (TPSA) is 75.5 Å². The fourth-order valence-electron chi connectivity index (χ4n) is 2.11. The zero-order chi connectivity index (χ0) is 14.7. The first kappa shape index (κ1) is 14.7. The summed E-state index contributed by atoms with van der Waals surface area (Å²) in [6, 6.07) is 0. The molecular formula is C13H17N3O3S. The third kappa shape index (κ3) is 2.46. The molecule has 0 aliphatic heterocycles. The fourth-order valence-corrected chi connectivity index (χ4v) is 3.18. The second-order valence-electron chi connectivity index (χ2n) is 4.23. The number of carbonyl (C=O) groups excluding carboxylic acids is 1. The second kappa shape index (κ2) is 6.15. The van der Waals surface area contributed by atoms with Crippen molar-refractivity contribution in [3.63, 3.8) is 0 Å². The number of ether oxygens (including phenoxy) is 1. The lowest BCUT2D eigenvalue weighted by Crippen LogP contribution is -2.27. The molecular weight excluding hydrogens is 278 g/mol. The smallest absolute Gasteiger partial charge is 0.348 e. The van der Waals surface area contributed by atoms with Crippen LogP contribution in [-0.2, 0) is 4.74 Å². The molecule has 0 fully saturated rings. The minimum absolute atomic E-state index is 0.0480. The number of hydrogen-bond acceptors (Lipinski definition) is 7. The predicted octanol–water partition coefficient (Wildman–Crippen LogP) is 1.60. The molecule has 2 heterocycles. The molecule has 0 radical (unpaired) electrons. The number of aryl methyl sites for hydroxylation is 1. The van der Waals surface area contributed by atoms with E-state index in [9.17, 15) is 4.79 Å². The van der Waals surface area contributed by atoms with Crippen LogP contribution in [0, 0.1) is 6.92 Å². The number of carbonyl (C=O) groups is 1. The maximum absolute atomic E-state index is 11.8. The molecule has 1 N–H and O–H groups in total. The first-order valence-corrected chi connectivity index (χ1v) is 7.13. The molecule has 2 aromatic heterocycles. The van der Waals surface area contributed by atoms with Gasteiger partial charge in [-0.05, 0) is 19.4 Å². The van der Waals surface area contributed by atoms with Gasteiger partial charge in [0.05, 0.1) is 19.1 Å². The average molecular weight is 295 g/mol. The van der Waals surface area contributed by atoms with E-state index in [1.165, 1.54) is 24.8 Å². The second-order valence-corrected chi connectivity index (χ2v) is 5.23. The van der Waals surface area contributed by atoms with Crippen LogP contribution in [0.25, 0.3) is 10.2 Å². The van der Waals surface area contributed by atoms with E-state index in [-0.39, 0.29) is 12.6 Å². The van der Waals surface area contributed by atoms with Crippen LogP contribution in [0.1, 0.15) is 22.2 Å². The minimum atomic E-state index is -0.360. The van der Waals surface area contributed by atoms with Crippen LogP contribution in [0.3, 0.4) is 0 Å². The van der Waals surface area contributed by atoms with Crippen molar-refractivity contribution >= 4 is 33.3 Å². The van der Waals surface area contributed by atoms with Gasteiger partial charge < -0.3 is 14.7 Å². The third-order valence-electron chi connectivity index (χ3n) is 3.13. The quantitative estimate of drug-likeness (QED) is 0.845. The lowest BCUT2D eigenvalue weighted by atomic mass is 10.2. The van der Waals surface area contributed by atoms with Crippen LogP contribution in [-0.4, -0.2) is 47.8 Å². The molecule has 7 heteroatoms. The zero-order valence-corrected chi connectivity index (χ0v) is 12.5. The number of nitrogens with zero attached hydrogens (tertiary/aromatic N) is 3. The standard InChI is InChI=1S/C13H17N3O3S/c1-4-16(5-6-17)11-9-8(2)10(13(18)19-3)20-12(9)15-7-14-11/h7,17H,4-6H2,1-3H3. The lowest BCUT2D eigenvalue weighted by molar-refractivity contribution is 0.0605. The van der Waals surface area contributed by atoms with Gasteiger partial charge in [0.25, 0.3) is 0 Å². The van der Waals surface area contributed by atoms with Crippen molar-refractivity contribution in [3.8, 4) is 0 Å². The van der Waals surface area contributed by atoms with Crippen molar-refractivity contribution in [2.24, 2.45) is 0 Å². The minimum Gasteiger partial charge on any atom is -0.465 e. The number of esters is 1. The number of hydrogen-bond donors (Lipinski definition) is 1. The summed E-state index contributed by atoms with van der Waals surface area (Å²) in [5, 5.41) is 10.0. The summed E-state index contributed by atoms with van der Waals surface area (Å²) in [5.74, 6) is 0.386. The molecule has 0 unspecified atom stereocenters. The summed E-state index contributed by atoms with van der Waals surface area (Å²) in [6.07, 6.45) is 1.48. The van der Waals surface area contributed by atoms with Crippen molar-refractivity contribution in [1.29, 1.82) is 0 Å². The van der Waals surface area contributed by atoms with Crippen LogP contribution in [0.15, 0.2) is 6.33 Å². The van der Waals surface area contributed by atoms with E-state index in [0.717, 1.165) is 28.1 Å². The van der Waals surface area contributed by atoms with Gasteiger partial charge in [0, 0.05) is 13.1 Å². The molecule has 0 aliphatic rings. The molecule has 0 aromatic carbocycles. The van der Waals surface area contributed by atoms with Gasteiger partial charge in [-0.2, -0.15) is 0 Å². The Morgan fingerprint density at radius 1 is 1.50 bits per heavy atom. The van der Waals surface area contributed by atoms with E-state index in [0.29, 0.717) is 11.4 Å². The molecule has 20 heavy (non-hydrogen) atoms. The Kier molecular flexibility index (Phi) is 4.51. The van der Waals surface area contributed by atoms with Crippen LogP contribution in [0.5, 0.6) is 0 Å².